The lowest BCUT2D eigenvalue weighted by molar-refractivity contribution is -0.128. The number of carbonyl (C=O) groups excluding carboxylic acids is 2. The number of alkyl carbamates (subject to hydrolysis) is 1. The van der Waals surface area contributed by atoms with E-state index in [0.29, 0.717) is 13.2 Å². The number of amides is 2. The van der Waals surface area contributed by atoms with E-state index in [2.05, 4.69) is 10.6 Å². The Bertz CT molecular complexity index is 420. The average molecular weight is 248 g/mol. The van der Waals surface area contributed by atoms with Crippen LogP contribution in [-0.2, 0) is 16.0 Å². The quantitative estimate of drug-likeness (QED) is 0.599. The minimum absolute atomic E-state index is 0.156. The number of nitrogens with one attached hydrogen (secondary N) is 2. The third kappa shape index (κ3) is 3.48. The van der Waals surface area contributed by atoms with Crippen LogP contribution in [0.25, 0.3) is 0 Å². The summed E-state index contributed by atoms with van der Waals surface area (Å²) < 4.78 is 4.99. The van der Waals surface area contributed by atoms with Crippen LogP contribution >= 0.6 is 0 Å². The molecule has 2 rings (SSSR count). The molecule has 1 aromatic rings. The molecule has 0 spiro atoms. The molecular formula is C13H16N2O3. The van der Waals surface area contributed by atoms with Gasteiger partial charge in [-0.15, -0.1) is 0 Å². The Morgan fingerprint density at radius 2 is 2.17 bits per heavy atom. The Hall–Kier alpha value is -2.04. The lowest BCUT2D eigenvalue weighted by Crippen LogP contribution is -2.61. The summed E-state index contributed by atoms with van der Waals surface area (Å²) >= 11 is 0. The predicted molar refractivity (Wildman–Crippen MR) is 66.0 cm³/mol. The molecule has 96 valence electrons. The van der Waals surface area contributed by atoms with Crippen LogP contribution in [0.2, 0.25) is 0 Å². The lowest BCUT2D eigenvalue weighted by Gasteiger charge is -2.26. The van der Waals surface area contributed by atoms with Crippen molar-refractivity contribution >= 4 is 12.0 Å². The highest BCUT2D eigenvalue weighted by Gasteiger charge is 2.29. The molecule has 2 amide bonds. The first-order chi connectivity index (χ1) is 8.75. The van der Waals surface area contributed by atoms with E-state index in [1.165, 1.54) is 5.56 Å². The number of benzene rings is 1. The maximum atomic E-state index is 11.3. The molecule has 2 N–H and O–H groups in total. The van der Waals surface area contributed by atoms with Gasteiger partial charge in [-0.3, -0.25) is 4.79 Å². The van der Waals surface area contributed by atoms with Gasteiger partial charge in [0.25, 0.3) is 0 Å². The molecule has 0 aliphatic carbocycles. The highest BCUT2D eigenvalue weighted by Crippen LogP contribution is 2.02. The van der Waals surface area contributed by atoms with Crippen LogP contribution in [0.3, 0.4) is 0 Å². The Labute approximate surface area is 106 Å². The number of ether oxygens (including phenoxy) is 1. The first-order valence-corrected chi connectivity index (χ1v) is 6.00. The number of hydrogen-bond donors (Lipinski definition) is 2. The molecule has 0 unspecified atom stereocenters. The monoisotopic (exact) mass is 248 g/mol. The van der Waals surface area contributed by atoms with Crippen LogP contribution in [0.5, 0.6) is 0 Å². The van der Waals surface area contributed by atoms with Crippen LogP contribution in [0, 0.1) is 0 Å². The second-order valence-corrected chi connectivity index (χ2v) is 4.17. The van der Waals surface area contributed by atoms with E-state index in [4.69, 9.17) is 4.74 Å². The fraction of sp³-hybridized carbons (Fsp3) is 0.385. The van der Waals surface area contributed by atoms with Gasteiger partial charge in [0.15, 0.2) is 0 Å². The van der Waals surface area contributed by atoms with Crippen LogP contribution in [0.15, 0.2) is 30.3 Å². The molecule has 1 atom stereocenters. The minimum Gasteiger partial charge on any atom is -0.450 e. The molecule has 1 saturated heterocycles. The van der Waals surface area contributed by atoms with E-state index in [1.807, 2.05) is 30.3 Å². The molecule has 1 aromatic carbocycles. The van der Waals surface area contributed by atoms with Gasteiger partial charge >= 0.3 is 6.09 Å². The molecule has 18 heavy (non-hydrogen) atoms. The van der Waals surface area contributed by atoms with E-state index >= 15 is 0 Å². The van der Waals surface area contributed by atoms with Crippen molar-refractivity contribution in [2.75, 3.05) is 13.2 Å². The van der Waals surface area contributed by atoms with Crippen LogP contribution in [-0.4, -0.2) is 31.2 Å². The zero-order chi connectivity index (χ0) is 12.8. The van der Waals surface area contributed by atoms with Gasteiger partial charge in [0.1, 0.15) is 6.04 Å². The maximum absolute atomic E-state index is 11.3. The van der Waals surface area contributed by atoms with Gasteiger partial charge < -0.3 is 15.4 Å². The maximum Gasteiger partial charge on any atom is 0.407 e. The van der Waals surface area contributed by atoms with Gasteiger partial charge in [-0.2, -0.15) is 0 Å². The van der Waals surface area contributed by atoms with Crippen molar-refractivity contribution in [1.82, 2.24) is 10.6 Å². The second kappa shape index (κ2) is 6.05. The van der Waals surface area contributed by atoms with Gasteiger partial charge in [-0.25, -0.2) is 4.79 Å². The SMILES string of the molecule is O=C(N[C@H]1CNC1=O)OCCCc1ccccc1. The zero-order valence-electron chi connectivity index (χ0n) is 10.0. The van der Waals surface area contributed by atoms with Crippen LogP contribution in [0.1, 0.15) is 12.0 Å². The Morgan fingerprint density at radius 1 is 1.39 bits per heavy atom. The van der Waals surface area contributed by atoms with Gasteiger partial charge in [0.05, 0.1) is 6.61 Å². The molecular weight excluding hydrogens is 232 g/mol. The summed E-state index contributed by atoms with van der Waals surface area (Å²) in [5.41, 5.74) is 1.22. The normalized spacial score (nSPS) is 17.6. The predicted octanol–water partition coefficient (Wildman–Crippen LogP) is 0.844. The summed E-state index contributed by atoms with van der Waals surface area (Å²) in [5, 5.41) is 5.03. The van der Waals surface area contributed by atoms with E-state index in [0.717, 1.165) is 12.8 Å². The lowest BCUT2D eigenvalue weighted by atomic mass is 10.1. The fourth-order valence-corrected chi connectivity index (χ4v) is 1.67. The number of rotatable bonds is 5. The molecule has 5 nitrogen and oxygen atoms in total. The topological polar surface area (TPSA) is 67.4 Å². The minimum atomic E-state index is -0.525. The number of carbonyl (C=O) groups is 2. The highest BCUT2D eigenvalue weighted by molar-refractivity contribution is 5.90. The largest absolute Gasteiger partial charge is 0.450 e. The summed E-state index contributed by atoms with van der Waals surface area (Å²) in [6.45, 7) is 0.840. The second-order valence-electron chi connectivity index (χ2n) is 4.17. The summed E-state index contributed by atoms with van der Waals surface area (Å²) in [4.78, 5) is 22.2. The van der Waals surface area contributed by atoms with E-state index < -0.39 is 12.1 Å². The molecule has 1 aliphatic heterocycles. The van der Waals surface area contributed by atoms with Crippen molar-refractivity contribution in [3.8, 4) is 0 Å². The fourth-order valence-electron chi connectivity index (χ4n) is 1.67. The van der Waals surface area contributed by atoms with Crippen LogP contribution < -0.4 is 10.6 Å². The molecule has 1 fully saturated rings. The van der Waals surface area contributed by atoms with Gasteiger partial charge in [-0.05, 0) is 18.4 Å². The standard InChI is InChI=1S/C13H16N2O3/c16-12-11(9-14-12)15-13(17)18-8-4-7-10-5-2-1-3-6-10/h1-3,5-6,11H,4,7-9H2,(H,14,16)(H,15,17)/t11-/m0/s1. The summed E-state index contributed by atoms with van der Waals surface area (Å²) in [7, 11) is 0. The first kappa shape index (κ1) is 12.4. The Balaban J connectivity index is 1.58. The smallest absolute Gasteiger partial charge is 0.407 e. The number of hydrogen-bond acceptors (Lipinski definition) is 3. The van der Waals surface area contributed by atoms with Crippen molar-refractivity contribution < 1.29 is 14.3 Å². The molecule has 0 radical (unpaired) electrons. The van der Waals surface area contributed by atoms with Crippen LogP contribution in [0.4, 0.5) is 4.79 Å². The third-order valence-corrected chi connectivity index (χ3v) is 2.77. The van der Waals surface area contributed by atoms with Crippen molar-refractivity contribution in [2.24, 2.45) is 0 Å². The molecule has 0 saturated carbocycles. The number of β-lactam (4-membered cyclic amide) rings is 1. The highest BCUT2D eigenvalue weighted by atomic mass is 16.5. The molecule has 0 aromatic heterocycles. The van der Waals surface area contributed by atoms with E-state index in [9.17, 15) is 9.59 Å². The van der Waals surface area contributed by atoms with Crippen molar-refractivity contribution in [1.29, 1.82) is 0 Å². The summed E-state index contributed by atoms with van der Waals surface area (Å²) in [6.07, 6.45) is 1.12. The van der Waals surface area contributed by atoms with Gasteiger partial charge in [0, 0.05) is 6.54 Å². The molecule has 1 aliphatic rings. The van der Waals surface area contributed by atoms with Crippen molar-refractivity contribution in [3.63, 3.8) is 0 Å². The van der Waals surface area contributed by atoms with E-state index in [-0.39, 0.29) is 5.91 Å². The molecule has 1 heterocycles. The number of aryl methyl sites for hydroxylation is 1. The summed E-state index contributed by atoms with van der Waals surface area (Å²) in [5.74, 6) is -0.156. The summed E-state index contributed by atoms with van der Waals surface area (Å²) in [6, 6.07) is 9.59. The van der Waals surface area contributed by atoms with Crippen molar-refractivity contribution in [2.45, 2.75) is 18.9 Å². The average Bonchev–Trinajstić information content (AvgIpc) is 2.40. The molecule has 0 bridgehead atoms. The Morgan fingerprint density at radius 3 is 2.78 bits per heavy atom. The zero-order valence-corrected chi connectivity index (χ0v) is 10.0. The first-order valence-electron chi connectivity index (χ1n) is 6.00. The van der Waals surface area contributed by atoms with Gasteiger partial charge in [0.2, 0.25) is 5.91 Å². The van der Waals surface area contributed by atoms with Gasteiger partial charge in [-0.1, -0.05) is 30.3 Å². The van der Waals surface area contributed by atoms with Crippen molar-refractivity contribution in [3.05, 3.63) is 35.9 Å². The third-order valence-electron chi connectivity index (χ3n) is 2.77. The Kier molecular flexibility index (Phi) is 4.17. The van der Waals surface area contributed by atoms with E-state index in [1.54, 1.807) is 0 Å². The molecule has 5 heteroatoms.